The van der Waals surface area contributed by atoms with Gasteiger partial charge in [-0.25, -0.2) is 4.98 Å². The number of ether oxygens (including phenoxy) is 2. The topological polar surface area (TPSA) is 91.2 Å². The zero-order chi connectivity index (χ0) is 17.1. The third kappa shape index (κ3) is 2.63. The molecule has 0 aliphatic heterocycles. The lowest BCUT2D eigenvalue weighted by atomic mass is 10.1. The Morgan fingerprint density at radius 1 is 1.12 bits per heavy atom. The molecule has 0 fully saturated rings. The minimum absolute atomic E-state index is 0.0541. The van der Waals surface area contributed by atoms with Crippen LogP contribution in [0.3, 0.4) is 0 Å². The van der Waals surface area contributed by atoms with Crippen LogP contribution in [0, 0.1) is 11.3 Å². The molecule has 0 atom stereocenters. The number of aliphatic hydroxyl groups excluding tert-OH is 1. The highest BCUT2D eigenvalue weighted by Crippen LogP contribution is 2.32. The number of methoxy groups -OCH3 is 2. The van der Waals surface area contributed by atoms with Crippen LogP contribution in [0.2, 0.25) is 0 Å². The van der Waals surface area contributed by atoms with Crippen molar-refractivity contribution >= 4 is 22.4 Å². The average Bonchev–Trinajstić information content (AvgIpc) is 3.05. The Balaban J connectivity index is 2.12. The first-order chi connectivity index (χ1) is 11.7. The van der Waals surface area contributed by atoms with Crippen molar-refractivity contribution in [1.82, 2.24) is 9.97 Å². The van der Waals surface area contributed by atoms with Gasteiger partial charge in [0.2, 0.25) is 0 Å². The number of aliphatic hydroxyl groups is 1. The highest BCUT2D eigenvalue weighted by atomic mass is 16.5. The van der Waals surface area contributed by atoms with Gasteiger partial charge in [0.05, 0.1) is 25.3 Å². The normalized spacial score (nSPS) is 11.7. The summed E-state index contributed by atoms with van der Waals surface area (Å²) in [6, 6.07) is 14.3. The van der Waals surface area contributed by atoms with E-state index in [9.17, 15) is 10.4 Å². The lowest BCUT2D eigenvalue weighted by molar-refractivity contribution is 0.354. The molecule has 2 aromatic carbocycles. The number of para-hydroxylation sites is 2. The van der Waals surface area contributed by atoms with E-state index >= 15 is 0 Å². The summed E-state index contributed by atoms with van der Waals surface area (Å²) in [5.41, 5.74) is 2.00. The van der Waals surface area contributed by atoms with Crippen LogP contribution in [0.15, 0.2) is 42.5 Å². The number of nitriles is 1. The van der Waals surface area contributed by atoms with Crippen LogP contribution in [0.1, 0.15) is 11.4 Å². The first-order valence-corrected chi connectivity index (χ1v) is 7.18. The standard InChI is InChI=1S/C18H15N3O3/c1-23-15-8-7-11(9-16(15)24-2)17(22)12(10-19)18-20-13-5-3-4-6-14(13)21-18/h3-9,22H,1-2H3,(H,20,21). The van der Waals surface area contributed by atoms with Crippen molar-refractivity contribution in [2.45, 2.75) is 0 Å². The summed E-state index contributed by atoms with van der Waals surface area (Å²) in [4.78, 5) is 7.40. The van der Waals surface area contributed by atoms with Crippen LogP contribution in [0.5, 0.6) is 11.5 Å². The molecule has 3 rings (SSSR count). The summed E-state index contributed by atoms with van der Waals surface area (Å²) in [7, 11) is 3.04. The first kappa shape index (κ1) is 15.4. The average molecular weight is 321 g/mol. The van der Waals surface area contributed by atoms with Crippen LogP contribution in [0.4, 0.5) is 0 Å². The van der Waals surface area contributed by atoms with E-state index in [-0.39, 0.29) is 11.3 Å². The maximum atomic E-state index is 10.5. The van der Waals surface area contributed by atoms with Gasteiger partial charge in [0, 0.05) is 5.56 Å². The van der Waals surface area contributed by atoms with Crippen LogP contribution in [-0.2, 0) is 0 Å². The molecule has 6 nitrogen and oxygen atoms in total. The van der Waals surface area contributed by atoms with Crippen molar-refractivity contribution in [3.63, 3.8) is 0 Å². The summed E-state index contributed by atoms with van der Waals surface area (Å²) in [6.07, 6.45) is 0. The van der Waals surface area contributed by atoms with Crippen molar-refractivity contribution in [3.05, 3.63) is 53.9 Å². The van der Waals surface area contributed by atoms with Crippen LogP contribution in [0.25, 0.3) is 22.4 Å². The molecule has 0 aliphatic carbocycles. The van der Waals surface area contributed by atoms with Crippen molar-refractivity contribution in [1.29, 1.82) is 5.26 Å². The zero-order valence-corrected chi connectivity index (χ0v) is 13.2. The highest BCUT2D eigenvalue weighted by molar-refractivity contribution is 5.94. The molecule has 0 amide bonds. The van der Waals surface area contributed by atoms with Crippen LogP contribution in [-0.4, -0.2) is 29.3 Å². The molecule has 6 heteroatoms. The summed E-state index contributed by atoms with van der Waals surface area (Å²) in [5.74, 6) is 1.13. The number of aromatic nitrogens is 2. The fourth-order valence-electron chi connectivity index (χ4n) is 2.42. The number of nitrogens with zero attached hydrogens (tertiary/aromatic N) is 2. The lowest BCUT2D eigenvalue weighted by Crippen LogP contribution is -1.95. The SMILES string of the molecule is COc1ccc(C(O)=C(C#N)c2nc3ccccc3[nH]2)cc1OC. The molecule has 0 saturated heterocycles. The minimum Gasteiger partial charge on any atom is -0.506 e. The smallest absolute Gasteiger partial charge is 0.161 e. The van der Waals surface area contributed by atoms with E-state index < -0.39 is 0 Å². The van der Waals surface area contributed by atoms with E-state index in [0.717, 1.165) is 11.0 Å². The number of hydrogen-bond donors (Lipinski definition) is 2. The molecule has 0 unspecified atom stereocenters. The van der Waals surface area contributed by atoms with Gasteiger partial charge in [0.1, 0.15) is 17.4 Å². The highest BCUT2D eigenvalue weighted by Gasteiger charge is 2.16. The second-order valence-corrected chi connectivity index (χ2v) is 5.01. The molecule has 24 heavy (non-hydrogen) atoms. The first-order valence-electron chi connectivity index (χ1n) is 7.18. The minimum atomic E-state index is -0.183. The number of hydrogen-bond acceptors (Lipinski definition) is 5. The van der Waals surface area contributed by atoms with Crippen molar-refractivity contribution in [3.8, 4) is 17.6 Å². The second-order valence-electron chi connectivity index (χ2n) is 5.01. The van der Waals surface area contributed by atoms with Crippen LogP contribution >= 0.6 is 0 Å². The maximum Gasteiger partial charge on any atom is 0.161 e. The van der Waals surface area contributed by atoms with Gasteiger partial charge in [-0.3, -0.25) is 0 Å². The largest absolute Gasteiger partial charge is 0.506 e. The van der Waals surface area contributed by atoms with Gasteiger partial charge < -0.3 is 19.6 Å². The molecule has 0 bridgehead atoms. The molecule has 2 N–H and O–H groups in total. The second kappa shape index (κ2) is 6.34. The molecule has 0 aliphatic rings. The Kier molecular flexibility index (Phi) is 4.08. The number of fused-ring (bicyclic) bond motifs is 1. The third-order valence-electron chi connectivity index (χ3n) is 3.63. The molecule has 3 aromatic rings. The van der Waals surface area contributed by atoms with Gasteiger partial charge in [-0.2, -0.15) is 5.26 Å². The summed E-state index contributed by atoms with van der Waals surface area (Å²) >= 11 is 0. The number of aromatic amines is 1. The molecule has 0 saturated carbocycles. The molecule has 1 aromatic heterocycles. The zero-order valence-electron chi connectivity index (χ0n) is 13.2. The molecular weight excluding hydrogens is 306 g/mol. The van der Waals surface area contributed by atoms with E-state index in [1.807, 2.05) is 30.3 Å². The van der Waals surface area contributed by atoms with Crippen molar-refractivity contribution in [2.24, 2.45) is 0 Å². The van der Waals surface area contributed by atoms with Gasteiger partial charge in [0.25, 0.3) is 0 Å². The summed E-state index contributed by atoms with van der Waals surface area (Å²) < 4.78 is 10.4. The molecule has 0 radical (unpaired) electrons. The van der Waals surface area contributed by atoms with Gasteiger partial charge in [-0.1, -0.05) is 12.1 Å². The Morgan fingerprint density at radius 2 is 1.88 bits per heavy atom. The molecule has 0 spiro atoms. The number of imidazole rings is 1. The predicted molar refractivity (Wildman–Crippen MR) is 90.7 cm³/mol. The molecular formula is C18H15N3O3. The Labute approximate surface area is 138 Å². The number of benzene rings is 2. The van der Waals surface area contributed by atoms with Crippen LogP contribution < -0.4 is 9.47 Å². The summed E-state index contributed by atoms with van der Waals surface area (Å²) in [6.45, 7) is 0. The third-order valence-corrected chi connectivity index (χ3v) is 3.63. The fraction of sp³-hybridized carbons (Fsp3) is 0.111. The Bertz CT molecular complexity index is 934. The van der Waals surface area contributed by atoms with E-state index in [4.69, 9.17) is 9.47 Å². The number of nitrogens with one attached hydrogen (secondary N) is 1. The molecule has 120 valence electrons. The number of H-pyrrole nitrogens is 1. The van der Waals surface area contributed by atoms with E-state index in [1.54, 1.807) is 18.2 Å². The van der Waals surface area contributed by atoms with Gasteiger partial charge in [0.15, 0.2) is 17.3 Å². The number of rotatable bonds is 4. The number of allylic oxidation sites excluding steroid dienone is 1. The van der Waals surface area contributed by atoms with Gasteiger partial charge in [-0.15, -0.1) is 0 Å². The maximum absolute atomic E-state index is 10.5. The van der Waals surface area contributed by atoms with E-state index in [1.165, 1.54) is 14.2 Å². The Hall–Kier alpha value is -3.46. The quantitative estimate of drug-likeness (QED) is 0.566. The van der Waals surface area contributed by atoms with Crippen molar-refractivity contribution in [2.75, 3.05) is 14.2 Å². The monoisotopic (exact) mass is 321 g/mol. The molecule has 1 heterocycles. The lowest BCUT2D eigenvalue weighted by Gasteiger charge is -2.09. The van der Waals surface area contributed by atoms with Crippen molar-refractivity contribution < 1.29 is 14.6 Å². The van der Waals surface area contributed by atoms with Gasteiger partial charge in [-0.05, 0) is 30.3 Å². The Morgan fingerprint density at radius 3 is 2.54 bits per heavy atom. The summed E-state index contributed by atoms with van der Waals surface area (Å²) in [5, 5.41) is 20.0. The fourth-order valence-corrected chi connectivity index (χ4v) is 2.42. The predicted octanol–water partition coefficient (Wildman–Crippen LogP) is 3.53. The van der Waals surface area contributed by atoms with E-state index in [0.29, 0.717) is 22.9 Å². The van der Waals surface area contributed by atoms with E-state index in [2.05, 4.69) is 9.97 Å². The van der Waals surface area contributed by atoms with Gasteiger partial charge >= 0.3 is 0 Å².